The normalized spacial score (nSPS) is 17.8. The van der Waals surface area contributed by atoms with Crippen LogP contribution in [0.5, 0.6) is 0 Å². The molecule has 3 nitrogen and oxygen atoms in total. The van der Waals surface area contributed by atoms with Gasteiger partial charge in [-0.05, 0) is 31.9 Å². The Morgan fingerprint density at radius 2 is 1.76 bits per heavy atom. The molecule has 0 saturated heterocycles. The van der Waals surface area contributed by atoms with E-state index in [-0.39, 0.29) is 6.04 Å². The highest BCUT2D eigenvalue weighted by Gasteiger charge is 2.31. The smallest absolute Gasteiger partial charge is 0.207 e. The second kappa shape index (κ2) is 5.19. The Bertz CT molecular complexity index is 450. The molecule has 4 heteroatoms. The van der Waals surface area contributed by atoms with Crippen molar-refractivity contribution in [2.24, 2.45) is 0 Å². The topological polar surface area (TPSA) is 37.4 Å². The van der Waals surface area contributed by atoms with Crippen LogP contribution in [-0.4, -0.2) is 25.3 Å². The maximum Gasteiger partial charge on any atom is 0.243 e. The summed E-state index contributed by atoms with van der Waals surface area (Å²) in [5.74, 6) is 0. The lowest BCUT2D eigenvalue weighted by Crippen LogP contribution is -2.38. The second-order valence-corrected chi connectivity index (χ2v) is 6.26. The van der Waals surface area contributed by atoms with Crippen molar-refractivity contribution < 1.29 is 8.42 Å². The van der Waals surface area contributed by atoms with Crippen molar-refractivity contribution in [1.82, 2.24) is 4.31 Å². The Labute approximate surface area is 104 Å². The fourth-order valence-corrected chi connectivity index (χ4v) is 4.03. The van der Waals surface area contributed by atoms with Gasteiger partial charge in [0.2, 0.25) is 10.0 Å². The molecule has 0 atom stereocenters. The quantitative estimate of drug-likeness (QED) is 0.825. The maximum atomic E-state index is 12.4. The highest BCUT2D eigenvalue weighted by Crippen LogP contribution is 2.28. The molecular weight excluding hydrogens is 234 g/mol. The van der Waals surface area contributed by atoms with Gasteiger partial charge in [-0.25, -0.2) is 8.42 Å². The van der Waals surface area contributed by atoms with Crippen LogP contribution in [0.4, 0.5) is 0 Å². The van der Waals surface area contributed by atoms with Gasteiger partial charge in [0.1, 0.15) is 0 Å². The Morgan fingerprint density at radius 1 is 1.18 bits per heavy atom. The zero-order valence-electron chi connectivity index (χ0n) is 9.88. The van der Waals surface area contributed by atoms with Gasteiger partial charge in [-0.1, -0.05) is 31.0 Å². The van der Waals surface area contributed by atoms with E-state index in [1.54, 1.807) is 28.6 Å². The summed E-state index contributed by atoms with van der Waals surface area (Å²) in [7, 11) is -3.36. The Balaban J connectivity index is 2.29. The number of sulfonamides is 1. The van der Waals surface area contributed by atoms with E-state index in [4.69, 9.17) is 0 Å². The van der Waals surface area contributed by atoms with E-state index >= 15 is 0 Å². The van der Waals surface area contributed by atoms with E-state index < -0.39 is 10.0 Å². The summed E-state index contributed by atoms with van der Waals surface area (Å²) in [6.07, 6.45) is 4.15. The summed E-state index contributed by atoms with van der Waals surface area (Å²) >= 11 is 0. The Kier molecular flexibility index (Phi) is 3.84. The van der Waals surface area contributed by atoms with Crippen molar-refractivity contribution in [3.63, 3.8) is 0 Å². The molecular formula is C13H18NO2S. The van der Waals surface area contributed by atoms with Gasteiger partial charge < -0.3 is 0 Å². The fourth-order valence-electron chi connectivity index (χ4n) is 2.42. The third-order valence-corrected chi connectivity index (χ3v) is 5.27. The Morgan fingerprint density at radius 3 is 2.29 bits per heavy atom. The molecule has 0 heterocycles. The molecule has 93 valence electrons. The van der Waals surface area contributed by atoms with Crippen LogP contribution in [0, 0.1) is 6.92 Å². The molecule has 1 aliphatic carbocycles. The maximum absolute atomic E-state index is 12.4. The van der Waals surface area contributed by atoms with Crippen molar-refractivity contribution in [1.29, 1.82) is 0 Å². The van der Waals surface area contributed by atoms with Crippen LogP contribution in [0.2, 0.25) is 0 Å². The van der Waals surface area contributed by atoms with Crippen LogP contribution < -0.4 is 0 Å². The summed E-state index contributed by atoms with van der Waals surface area (Å²) in [6.45, 7) is 4.08. The van der Waals surface area contributed by atoms with Crippen molar-refractivity contribution in [2.45, 2.75) is 36.6 Å². The standard InChI is InChI=1S/C13H18NO2S/c1-2-14(12-8-6-7-9-12)17(15,16)13-10-4-3-5-11-13/h3-5,10-12H,1-2,6-9H2. The molecule has 1 radical (unpaired) electrons. The van der Waals surface area contributed by atoms with E-state index in [1.807, 2.05) is 6.07 Å². The molecule has 0 spiro atoms. The van der Waals surface area contributed by atoms with E-state index in [0.29, 0.717) is 11.4 Å². The third-order valence-electron chi connectivity index (χ3n) is 3.30. The first-order chi connectivity index (χ1) is 8.16. The Hall–Kier alpha value is -0.870. The molecule has 0 amide bonds. The van der Waals surface area contributed by atoms with Gasteiger partial charge in [-0.2, -0.15) is 4.31 Å². The predicted molar refractivity (Wildman–Crippen MR) is 67.9 cm³/mol. The first-order valence-electron chi connectivity index (χ1n) is 6.02. The number of hydrogen-bond acceptors (Lipinski definition) is 2. The minimum absolute atomic E-state index is 0.137. The van der Waals surface area contributed by atoms with Crippen molar-refractivity contribution in [3.8, 4) is 0 Å². The van der Waals surface area contributed by atoms with Crippen LogP contribution in [0.25, 0.3) is 0 Å². The molecule has 0 aromatic heterocycles. The molecule has 17 heavy (non-hydrogen) atoms. The summed E-state index contributed by atoms with van der Waals surface area (Å²) in [6, 6.07) is 8.76. The molecule has 0 unspecified atom stereocenters. The summed E-state index contributed by atoms with van der Waals surface area (Å²) in [5, 5.41) is 0. The zero-order valence-corrected chi connectivity index (χ0v) is 10.7. The van der Waals surface area contributed by atoms with Gasteiger partial charge in [0.25, 0.3) is 0 Å². The van der Waals surface area contributed by atoms with Crippen molar-refractivity contribution >= 4 is 10.0 Å². The molecule has 0 N–H and O–H groups in total. The number of hydrogen-bond donors (Lipinski definition) is 0. The predicted octanol–water partition coefficient (Wildman–Crippen LogP) is 2.45. The van der Waals surface area contributed by atoms with E-state index in [0.717, 1.165) is 25.7 Å². The summed E-state index contributed by atoms with van der Waals surface area (Å²) < 4.78 is 26.4. The van der Waals surface area contributed by atoms with E-state index in [1.165, 1.54) is 0 Å². The third kappa shape index (κ3) is 2.53. The van der Waals surface area contributed by atoms with Gasteiger partial charge in [0, 0.05) is 12.6 Å². The largest absolute Gasteiger partial charge is 0.243 e. The highest BCUT2D eigenvalue weighted by atomic mass is 32.2. The van der Waals surface area contributed by atoms with Crippen molar-refractivity contribution in [3.05, 3.63) is 37.3 Å². The molecule has 2 rings (SSSR count). The molecule has 0 bridgehead atoms. The first-order valence-corrected chi connectivity index (χ1v) is 7.46. The second-order valence-electron chi connectivity index (χ2n) is 4.37. The number of rotatable bonds is 4. The van der Waals surface area contributed by atoms with Gasteiger partial charge >= 0.3 is 0 Å². The van der Waals surface area contributed by atoms with Crippen LogP contribution in [0.1, 0.15) is 25.7 Å². The minimum atomic E-state index is -3.36. The summed E-state index contributed by atoms with van der Waals surface area (Å²) in [4.78, 5) is 0.371. The highest BCUT2D eigenvalue weighted by molar-refractivity contribution is 7.89. The lowest BCUT2D eigenvalue weighted by molar-refractivity contribution is 0.346. The van der Waals surface area contributed by atoms with E-state index in [2.05, 4.69) is 6.92 Å². The minimum Gasteiger partial charge on any atom is -0.207 e. The van der Waals surface area contributed by atoms with Gasteiger partial charge in [-0.15, -0.1) is 0 Å². The van der Waals surface area contributed by atoms with Gasteiger partial charge in [0.15, 0.2) is 0 Å². The van der Waals surface area contributed by atoms with Crippen molar-refractivity contribution in [2.75, 3.05) is 6.54 Å². The lowest BCUT2D eigenvalue weighted by Gasteiger charge is -2.26. The molecule has 1 fully saturated rings. The molecule has 1 aromatic carbocycles. The number of nitrogens with zero attached hydrogens (tertiary/aromatic N) is 1. The SMILES string of the molecule is [CH2]CN(C1CCCC1)S(=O)(=O)c1ccccc1. The van der Waals surface area contributed by atoms with Crippen LogP contribution in [0.15, 0.2) is 35.2 Å². The van der Waals surface area contributed by atoms with E-state index in [9.17, 15) is 8.42 Å². The zero-order chi connectivity index (χ0) is 12.3. The molecule has 1 aromatic rings. The fraction of sp³-hybridized carbons (Fsp3) is 0.462. The van der Waals surface area contributed by atoms with Crippen LogP contribution >= 0.6 is 0 Å². The van der Waals surface area contributed by atoms with Gasteiger partial charge in [0.05, 0.1) is 4.90 Å². The lowest BCUT2D eigenvalue weighted by atomic mass is 10.2. The molecule has 0 aliphatic heterocycles. The van der Waals surface area contributed by atoms with Crippen LogP contribution in [-0.2, 0) is 10.0 Å². The first kappa shape index (κ1) is 12.6. The summed E-state index contributed by atoms with van der Waals surface area (Å²) in [5.41, 5.74) is 0. The average Bonchev–Trinajstić information content (AvgIpc) is 2.84. The van der Waals surface area contributed by atoms with Gasteiger partial charge in [-0.3, -0.25) is 0 Å². The monoisotopic (exact) mass is 252 g/mol. The molecule has 1 aliphatic rings. The average molecular weight is 252 g/mol. The molecule has 1 saturated carbocycles. The van der Waals surface area contributed by atoms with Crippen LogP contribution in [0.3, 0.4) is 0 Å². The number of benzene rings is 1.